The highest BCUT2D eigenvalue weighted by Crippen LogP contribution is 2.56. The monoisotopic (exact) mass is 790 g/mol. The van der Waals surface area contributed by atoms with Gasteiger partial charge in [-0.15, -0.1) is 0 Å². The summed E-state index contributed by atoms with van der Waals surface area (Å²) in [5.41, 5.74) is 18.2. The topological polar surface area (TPSA) is 38.9 Å². The maximum atomic E-state index is 6.18. The van der Waals surface area contributed by atoms with Crippen LogP contribution in [0.4, 0.5) is 0 Å². The first-order chi connectivity index (χ1) is 30.7. The van der Waals surface area contributed by atoms with Crippen molar-refractivity contribution in [1.29, 1.82) is 0 Å². The van der Waals surface area contributed by atoms with Gasteiger partial charge in [0.15, 0.2) is 5.82 Å². The molecule has 2 aromatic heterocycles. The third-order valence-corrected chi connectivity index (χ3v) is 12.6. The molecule has 0 atom stereocenters. The summed E-state index contributed by atoms with van der Waals surface area (Å²) in [6.07, 6.45) is 0. The van der Waals surface area contributed by atoms with E-state index in [0.29, 0.717) is 5.82 Å². The Balaban J connectivity index is 0.947. The standard InChI is InChI=1S/C59H38N2O/c1-4-15-43(16-5-1)58-60-53(42-33-29-40(30-34-42)39-27-31-41(32-28-39)47-23-14-26-56-57(47)50-22-11-13-25-55(50)62-56)38-54(61-58)44-35-36-49-48-21-10-12-24-51(48)59(52(49)37-44,45-17-6-2-7-18-45)46-19-8-3-9-20-46/h1-38H. The molecule has 0 aliphatic heterocycles. The lowest BCUT2D eigenvalue weighted by atomic mass is 9.67. The molecule has 1 aliphatic rings. The van der Waals surface area contributed by atoms with E-state index < -0.39 is 5.41 Å². The van der Waals surface area contributed by atoms with Gasteiger partial charge >= 0.3 is 0 Å². The number of rotatable bonds is 7. The first-order valence-corrected chi connectivity index (χ1v) is 21.1. The second kappa shape index (κ2) is 14.5. The lowest BCUT2D eigenvalue weighted by Crippen LogP contribution is -2.28. The van der Waals surface area contributed by atoms with Crippen LogP contribution in [-0.4, -0.2) is 9.97 Å². The van der Waals surface area contributed by atoms with Crippen molar-refractivity contribution in [2.45, 2.75) is 5.41 Å². The van der Waals surface area contributed by atoms with Crippen LogP contribution in [0.2, 0.25) is 0 Å². The van der Waals surface area contributed by atoms with Gasteiger partial charge in [-0.3, -0.25) is 0 Å². The van der Waals surface area contributed by atoms with Crippen LogP contribution in [0.15, 0.2) is 235 Å². The van der Waals surface area contributed by atoms with Crippen molar-refractivity contribution in [3.05, 3.63) is 253 Å². The molecule has 62 heavy (non-hydrogen) atoms. The molecule has 3 nitrogen and oxygen atoms in total. The molecular formula is C59H38N2O. The van der Waals surface area contributed by atoms with E-state index in [2.05, 4.69) is 194 Å². The van der Waals surface area contributed by atoms with Crippen LogP contribution in [0.5, 0.6) is 0 Å². The zero-order valence-electron chi connectivity index (χ0n) is 33.7. The highest BCUT2D eigenvalue weighted by molar-refractivity contribution is 6.12. The fraction of sp³-hybridized carbons (Fsp3) is 0.0169. The molecule has 12 rings (SSSR count). The average Bonchev–Trinajstić information content (AvgIpc) is 3.89. The van der Waals surface area contributed by atoms with Gasteiger partial charge in [-0.05, 0) is 79.9 Å². The second-order valence-electron chi connectivity index (χ2n) is 16.0. The summed E-state index contributed by atoms with van der Waals surface area (Å²) in [4.78, 5) is 10.5. The number of fused-ring (bicyclic) bond motifs is 6. The number of furan rings is 1. The number of nitrogens with zero attached hydrogens (tertiary/aromatic N) is 2. The Labute approximate surface area is 360 Å². The molecule has 11 aromatic rings. The molecule has 0 saturated heterocycles. The maximum Gasteiger partial charge on any atom is 0.160 e. The van der Waals surface area contributed by atoms with E-state index in [-0.39, 0.29) is 0 Å². The lowest BCUT2D eigenvalue weighted by molar-refractivity contribution is 0.669. The number of benzene rings is 9. The molecule has 1 aliphatic carbocycles. The van der Waals surface area contributed by atoms with Gasteiger partial charge in [-0.1, -0.05) is 206 Å². The fourth-order valence-electron chi connectivity index (χ4n) is 9.75. The molecule has 0 amide bonds. The molecule has 2 heterocycles. The normalized spacial score (nSPS) is 12.6. The molecule has 0 saturated carbocycles. The molecule has 0 fully saturated rings. The summed E-state index contributed by atoms with van der Waals surface area (Å²) in [6.45, 7) is 0. The van der Waals surface area contributed by atoms with Crippen LogP contribution in [0.3, 0.4) is 0 Å². The van der Waals surface area contributed by atoms with Gasteiger partial charge in [0.2, 0.25) is 0 Å². The van der Waals surface area contributed by atoms with Crippen LogP contribution in [-0.2, 0) is 5.41 Å². The average molecular weight is 791 g/mol. The van der Waals surface area contributed by atoms with E-state index in [1.54, 1.807) is 0 Å². The van der Waals surface area contributed by atoms with Crippen molar-refractivity contribution < 1.29 is 4.42 Å². The molecule has 0 spiro atoms. The van der Waals surface area contributed by atoms with E-state index in [9.17, 15) is 0 Å². The quantitative estimate of drug-likeness (QED) is 0.161. The highest BCUT2D eigenvalue weighted by atomic mass is 16.3. The van der Waals surface area contributed by atoms with Crippen LogP contribution in [0.1, 0.15) is 22.3 Å². The summed E-state index contributed by atoms with van der Waals surface area (Å²) in [5.74, 6) is 0.694. The molecule has 0 bridgehead atoms. The van der Waals surface area contributed by atoms with Crippen molar-refractivity contribution >= 4 is 21.9 Å². The summed E-state index contributed by atoms with van der Waals surface area (Å²) in [5, 5.41) is 2.28. The summed E-state index contributed by atoms with van der Waals surface area (Å²) < 4.78 is 6.18. The van der Waals surface area contributed by atoms with Crippen molar-refractivity contribution in [2.75, 3.05) is 0 Å². The molecule has 0 N–H and O–H groups in total. The zero-order valence-corrected chi connectivity index (χ0v) is 33.7. The minimum atomic E-state index is -0.502. The Hall–Kier alpha value is -8.14. The SMILES string of the molecule is c1ccc(-c2nc(-c3ccc(-c4ccc(-c5cccc6oc7ccccc7c56)cc4)cc3)cc(-c3ccc4c(c3)C(c3ccccc3)(c3ccccc3)c3ccccc3-4)n2)cc1. The minimum absolute atomic E-state index is 0.502. The van der Waals surface area contributed by atoms with Gasteiger partial charge in [-0.25, -0.2) is 9.97 Å². The van der Waals surface area contributed by atoms with Gasteiger partial charge in [0.25, 0.3) is 0 Å². The fourth-order valence-corrected chi connectivity index (χ4v) is 9.75. The molecule has 290 valence electrons. The first kappa shape index (κ1) is 35.8. The largest absolute Gasteiger partial charge is 0.456 e. The first-order valence-electron chi connectivity index (χ1n) is 21.1. The van der Waals surface area contributed by atoms with E-state index >= 15 is 0 Å². The Morgan fingerprint density at radius 2 is 0.839 bits per heavy atom. The third-order valence-electron chi connectivity index (χ3n) is 12.6. The van der Waals surface area contributed by atoms with Gasteiger partial charge < -0.3 is 4.42 Å². The third kappa shape index (κ3) is 5.74. The van der Waals surface area contributed by atoms with Crippen molar-refractivity contribution in [1.82, 2.24) is 9.97 Å². The van der Waals surface area contributed by atoms with Crippen molar-refractivity contribution in [3.8, 4) is 67.3 Å². The van der Waals surface area contributed by atoms with E-state index in [1.807, 2.05) is 36.4 Å². The van der Waals surface area contributed by atoms with Gasteiger partial charge in [0, 0.05) is 27.5 Å². The van der Waals surface area contributed by atoms with Crippen molar-refractivity contribution in [3.63, 3.8) is 0 Å². The number of hydrogen-bond donors (Lipinski definition) is 0. The smallest absolute Gasteiger partial charge is 0.160 e. The summed E-state index contributed by atoms with van der Waals surface area (Å²) >= 11 is 0. The molecular weight excluding hydrogens is 753 g/mol. The number of para-hydroxylation sites is 1. The van der Waals surface area contributed by atoms with Crippen molar-refractivity contribution in [2.24, 2.45) is 0 Å². The van der Waals surface area contributed by atoms with Crippen LogP contribution >= 0.6 is 0 Å². The zero-order chi connectivity index (χ0) is 41.0. The predicted molar refractivity (Wildman–Crippen MR) is 254 cm³/mol. The van der Waals surface area contributed by atoms with E-state index in [0.717, 1.165) is 66.7 Å². The minimum Gasteiger partial charge on any atom is -0.456 e. The van der Waals surface area contributed by atoms with Crippen LogP contribution < -0.4 is 0 Å². The van der Waals surface area contributed by atoms with Gasteiger partial charge in [-0.2, -0.15) is 0 Å². The number of aromatic nitrogens is 2. The molecule has 0 radical (unpaired) electrons. The van der Waals surface area contributed by atoms with E-state index in [1.165, 1.54) is 38.9 Å². The van der Waals surface area contributed by atoms with Crippen LogP contribution in [0, 0.1) is 0 Å². The molecule has 9 aromatic carbocycles. The Morgan fingerprint density at radius 3 is 1.55 bits per heavy atom. The molecule has 3 heteroatoms. The van der Waals surface area contributed by atoms with Gasteiger partial charge in [0.1, 0.15) is 11.2 Å². The number of hydrogen-bond acceptors (Lipinski definition) is 3. The van der Waals surface area contributed by atoms with E-state index in [4.69, 9.17) is 14.4 Å². The molecule has 0 unspecified atom stereocenters. The maximum absolute atomic E-state index is 6.18. The lowest BCUT2D eigenvalue weighted by Gasteiger charge is -2.34. The van der Waals surface area contributed by atoms with Gasteiger partial charge in [0.05, 0.1) is 16.8 Å². The summed E-state index contributed by atoms with van der Waals surface area (Å²) in [7, 11) is 0. The Bertz CT molecular complexity index is 3390. The Morgan fingerprint density at radius 1 is 0.323 bits per heavy atom. The second-order valence-corrected chi connectivity index (χ2v) is 16.0. The predicted octanol–water partition coefficient (Wildman–Crippen LogP) is 15.1. The highest BCUT2D eigenvalue weighted by Gasteiger charge is 2.46. The van der Waals surface area contributed by atoms with Crippen LogP contribution in [0.25, 0.3) is 89.2 Å². The summed E-state index contributed by atoms with van der Waals surface area (Å²) in [6, 6.07) is 82.2. The Kier molecular flexibility index (Phi) is 8.39.